The highest BCUT2D eigenvalue weighted by Crippen LogP contribution is 2.42. The number of carbonyl (C=O) groups excluding carboxylic acids is 1. The summed E-state index contributed by atoms with van der Waals surface area (Å²) in [6, 6.07) is 8.22. The van der Waals surface area contributed by atoms with Crippen LogP contribution < -0.4 is 0 Å². The zero-order valence-electron chi connectivity index (χ0n) is 12.5. The Morgan fingerprint density at radius 3 is 2.76 bits per heavy atom. The van der Waals surface area contributed by atoms with Crippen molar-refractivity contribution in [2.45, 2.75) is 39.0 Å². The first kappa shape index (κ1) is 13.9. The van der Waals surface area contributed by atoms with E-state index in [0.29, 0.717) is 18.1 Å². The summed E-state index contributed by atoms with van der Waals surface area (Å²) in [6.45, 7) is 4.34. The van der Waals surface area contributed by atoms with Gasteiger partial charge in [-0.1, -0.05) is 25.1 Å². The van der Waals surface area contributed by atoms with Gasteiger partial charge in [0.1, 0.15) is 5.56 Å². The number of hydrogen-bond acceptors (Lipinski definition) is 3. The molecule has 1 aromatic heterocycles. The highest BCUT2D eigenvalue weighted by molar-refractivity contribution is 5.91. The second-order valence-electron chi connectivity index (χ2n) is 5.33. The number of nitrogens with zero attached hydrogens (tertiary/aromatic N) is 2. The average molecular weight is 284 g/mol. The second-order valence-corrected chi connectivity index (χ2v) is 5.33. The number of para-hydroxylation sites is 1. The normalized spacial score (nSPS) is 14.2. The van der Waals surface area contributed by atoms with E-state index in [4.69, 9.17) is 4.74 Å². The molecular weight excluding hydrogens is 264 g/mol. The van der Waals surface area contributed by atoms with Crippen LogP contribution in [0.1, 0.15) is 54.2 Å². The Morgan fingerprint density at radius 2 is 2.10 bits per heavy atom. The van der Waals surface area contributed by atoms with Crippen LogP contribution in [0, 0.1) is 0 Å². The molecule has 1 fully saturated rings. The molecule has 21 heavy (non-hydrogen) atoms. The van der Waals surface area contributed by atoms with Gasteiger partial charge >= 0.3 is 5.97 Å². The number of ether oxygens (including phenoxy) is 1. The maximum absolute atomic E-state index is 12.1. The predicted octanol–water partition coefficient (Wildman–Crippen LogP) is 3.49. The molecule has 0 bridgehead atoms. The molecule has 0 atom stereocenters. The number of aryl methyl sites for hydroxylation is 1. The van der Waals surface area contributed by atoms with Crippen molar-refractivity contribution in [3.05, 3.63) is 47.3 Å². The van der Waals surface area contributed by atoms with Crippen LogP contribution in [0.4, 0.5) is 0 Å². The quantitative estimate of drug-likeness (QED) is 0.789. The van der Waals surface area contributed by atoms with Gasteiger partial charge in [-0.15, -0.1) is 0 Å². The van der Waals surface area contributed by atoms with Crippen LogP contribution in [0.25, 0.3) is 5.69 Å². The lowest BCUT2D eigenvalue weighted by atomic mass is 10.1. The van der Waals surface area contributed by atoms with Gasteiger partial charge in [0, 0.05) is 5.92 Å². The monoisotopic (exact) mass is 284 g/mol. The van der Waals surface area contributed by atoms with E-state index in [2.05, 4.69) is 24.2 Å². The molecule has 2 aromatic rings. The third kappa shape index (κ3) is 2.58. The molecule has 1 heterocycles. The van der Waals surface area contributed by atoms with E-state index in [1.54, 1.807) is 6.20 Å². The number of carbonyl (C=O) groups is 1. The Balaban J connectivity index is 2.09. The molecule has 0 aliphatic heterocycles. The Kier molecular flexibility index (Phi) is 3.78. The molecule has 4 heteroatoms. The third-order valence-electron chi connectivity index (χ3n) is 3.87. The summed E-state index contributed by atoms with van der Waals surface area (Å²) >= 11 is 0. The first-order chi connectivity index (χ1) is 10.3. The van der Waals surface area contributed by atoms with Crippen LogP contribution in [0.15, 0.2) is 30.5 Å². The number of esters is 1. The number of aromatic nitrogens is 2. The van der Waals surface area contributed by atoms with Crippen LogP contribution in [0.2, 0.25) is 0 Å². The highest BCUT2D eigenvalue weighted by atomic mass is 16.5. The minimum Gasteiger partial charge on any atom is -0.462 e. The summed E-state index contributed by atoms with van der Waals surface area (Å²) < 4.78 is 7.09. The van der Waals surface area contributed by atoms with Crippen molar-refractivity contribution in [2.24, 2.45) is 0 Å². The van der Waals surface area contributed by atoms with Gasteiger partial charge in [0.05, 0.1) is 24.2 Å². The summed E-state index contributed by atoms with van der Waals surface area (Å²) in [6.07, 6.45) is 4.83. The first-order valence-corrected chi connectivity index (χ1v) is 7.59. The molecule has 1 aliphatic rings. The summed E-state index contributed by atoms with van der Waals surface area (Å²) in [5, 5.41) is 4.48. The Morgan fingerprint density at radius 1 is 1.33 bits per heavy atom. The van der Waals surface area contributed by atoms with Crippen LogP contribution in [0.3, 0.4) is 0 Å². The summed E-state index contributed by atoms with van der Waals surface area (Å²) in [4.78, 5) is 12.1. The zero-order chi connectivity index (χ0) is 14.8. The van der Waals surface area contributed by atoms with Gasteiger partial charge in [-0.05, 0) is 37.8 Å². The van der Waals surface area contributed by atoms with E-state index >= 15 is 0 Å². The van der Waals surface area contributed by atoms with Gasteiger partial charge in [0.2, 0.25) is 0 Å². The zero-order valence-corrected chi connectivity index (χ0v) is 12.5. The molecule has 1 saturated carbocycles. The summed E-state index contributed by atoms with van der Waals surface area (Å²) in [7, 11) is 0. The fourth-order valence-corrected chi connectivity index (χ4v) is 2.68. The summed E-state index contributed by atoms with van der Waals surface area (Å²) in [5.74, 6) is 0.163. The maximum Gasteiger partial charge on any atom is 0.341 e. The lowest BCUT2D eigenvalue weighted by molar-refractivity contribution is 0.0525. The Hall–Kier alpha value is -2.10. The molecule has 0 unspecified atom stereocenters. The van der Waals surface area contributed by atoms with Crippen LogP contribution in [0.5, 0.6) is 0 Å². The van der Waals surface area contributed by atoms with Gasteiger partial charge in [-0.25, -0.2) is 9.48 Å². The van der Waals surface area contributed by atoms with E-state index in [-0.39, 0.29) is 5.97 Å². The van der Waals surface area contributed by atoms with Crippen molar-refractivity contribution in [3.8, 4) is 5.69 Å². The number of benzene rings is 1. The topological polar surface area (TPSA) is 44.1 Å². The molecular formula is C17H20N2O2. The largest absolute Gasteiger partial charge is 0.462 e. The fraction of sp³-hybridized carbons (Fsp3) is 0.412. The minimum absolute atomic E-state index is 0.264. The highest BCUT2D eigenvalue weighted by Gasteiger charge is 2.33. The molecule has 110 valence electrons. The smallest absolute Gasteiger partial charge is 0.341 e. The van der Waals surface area contributed by atoms with Gasteiger partial charge in [-0.2, -0.15) is 5.10 Å². The van der Waals surface area contributed by atoms with Gasteiger partial charge in [-0.3, -0.25) is 0 Å². The fourth-order valence-electron chi connectivity index (χ4n) is 2.68. The van der Waals surface area contributed by atoms with Crippen molar-refractivity contribution in [2.75, 3.05) is 6.61 Å². The van der Waals surface area contributed by atoms with Gasteiger partial charge in [0.25, 0.3) is 0 Å². The predicted molar refractivity (Wildman–Crippen MR) is 80.9 cm³/mol. The second kappa shape index (κ2) is 5.72. The Bertz CT molecular complexity index is 657. The van der Waals surface area contributed by atoms with E-state index in [9.17, 15) is 4.79 Å². The molecule has 3 rings (SSSR count). The van der Waals surface area contributed by atoms with Crippen molar-refractivity contribution >= 4 is 5.97 Å². The SMILES string of the molecule is CCOC(=O)c1cnn(-c2ccccc2CC)c1C1CC1. The van der Waals surface area contributed by atoms with E-state index in [1.807, 2.05) is 23.7 Å². The molecule has 0 amide bonds. The van der Waals surface area contributed by atoms with Crippen LogP contribution >= 0.6 is 0 Å². The average Bonchev–Trinajstić information content (AvgIpc) is 3.25. The lowest BCUT2D eigenvalue weighted by Gasteiger charge is -2.12. The molecule has 1 aromatic carbocycles. The molecule has 1 aliphatic carbocycles. The molecule has 0 radical (unpaired) electrons. The first-order valence-electron chi connectivity index (χ1n) is 7.59. The molecule has 4 nitrogen and oxygen atoms in total. The van der Waals surface area contributed by atoms with Crippen molar-refractivity contribution in [1.82, 2.24) is 9.78 Å². The molecule has 0 spiro atoms. The van der Waals surface area contributed by atoms with Crippen LogP contribution in [-0.2, 0) is 11.2 Å². The van der Waals surface area contributed by atoms with E-state index in [1.165, 1.54) is 5.56 Å². The third-order valence-corrected chi connectivity index (χ3v) is 3.87. The number of rotatable bonds is 5. The van der Waals surface area contributed by atoms with Gasteiger partial charge < -0.3 is 4.74 Å². The van der Waals surface area contributed by atoms with E-state index < -0.39 is 0 Å². The molecule has 0 N–H and O–H groups in total. The van der Waals surface area contributed by atoms with Crippen LogP contribution in [-0.4, -0.2) is 22.4 Å². The Labute approximate surface area is 124 Å². The van der Waals surface area contributed by atoms with Crippen molar-refractivity contribution in [3.63, 3.8) is 0 Å². The standard InChI is InChI=1S/C17H20N2O2/c1-3-12-7-5-6-8-15(12)19-16(13-9-10-13)14(11-18-19)17(20)21-4-2/h5-8,11,13H,3-4,9-10H2,1-2H3. The van der Waals surface area contributed by atoms with Crippen molar-refractivity contribution < 1.29 is 9.53 Å². The maximum atomic E-state index is 12.1. The number of hydrogen-bond donors (Lipinski definition) is 0. The summed E-state index contributed by atoms with van der Waals surface area (Å²) in [5.41, 5.74) is 3.93. The molecule has 0 saturated heterocycles. The van der Waals surface area contributed by atoms with E-state index in [0.717, 1.165) is 30.6 Å². The minimum atomic E-state index is -0.264. The van der Waals surface area contributed by atoms with Crippen molar-refractivity contribution in [1.29, 1.82) is 0 Å². The van der Waals surface area contributed by atoms with Gasteiger partial charge in [0.15, 0.2) is 0 Å². The lowest BCUT2D eigenvalue weighted by Crippen LogP contribution is -2.10.